The average Bonchev–Trinajstić information content (AvgIpc) is 3.66. The molecule has 4 aromatic carbocycles. The fraction of sp³-hybridized carbons (Fsp3) is 0.392. The Balaban J connectivity index is 1.12. The van der Waals surface area contributed by atoms with Gasteiger partial charge in [0.05, 0.1) is 17.2 Å². The predicted octanol–water partition coefficient (Wildman–Crippen LogP) is 11.8. The van der Waals surface area contributed by atoms with E-state index in [1.807, 2.05) is 12.2 Å². The summed E-state index contributed by atoms with van der Waals surface area (Å²) in [5, 5.41) is 11.7. The van der Waals surface area contributed by atoms with Crippen molar-refractivity contribution >= 4 is 17.2 Å². The van der Waals surface area contributed by atoms with Gasteiger partial charge in [0, 0.05) is 46.4 Å². The van der Waals surface area contributed by atoms with Gasteiger partial charge in [0.1, 0.15) is 5.76 Å². The highest BCUT2D eigenvalue weighted by molar-refractivity contribution is 6.21. The van der Waals surface area contributed by atoms with Gasteiger partial charge >= 0.3 is 0 Å². The first kappa shape index (κ1) is 37.1. The number of aliphatic hydroxyl groups excluding tert-OH is 1. The van der Waals surface area contributed by atoms with E-state index in [1.54, 1.807) is 0 Å². The van der Waals surface area contributed by atoms with Crippen molar-refractivity contribution in [3.63, 3.8) is 0 Å². The van der Waals surface area contributed by atoms with E-state index in [0.29, 0.717) is 11.1 Å². The second-order valence-corrected chi connectivity index (χ2v) is 17.6. The number of hydrogen-bond acceptors (Lipinski definition) is 4. The number of unbranched alkanes of at least 4 members (excludes halogenated alkanes) is 1. The van der Waals surface area contributed by atoms with E-state index in [9.17, 15) is 9.90 Å². The van der Waals surface area contributed by atoms with E-state index >= 15 is 0 Å². The molecule has 2 aliphatic carbocycles. The number of hydrogen-bond donors (Lipinski definition) is 1. The molecule has 0 saturated heterocycles. The van der Waals surface area contributed by atoms with E-state index in [4.69, 9.17) is 0 Å². The molecular formula is C51H58N2O2. The fourth-order valence-corrected chi connectivity index (χ4v) is 10.2. The number of para-hydroxylation sites is 2. The van der Waals surface area contributed by atoms with Crippen molar-refractivity contribution in [1.82, 2.24) is 0 Å². The Morgan fingerprint density at radius 2 is 1.31 bits per heavy atom. The topological polar surface area (TPSA) is 43.8 Å². The van der Waals surface area contributed by atoms with Gasteiger partial charge in [-0.05, 0) is 101 Å². The van der Waals surface area contributed by atoms with Gasteiger partial charge in [-0.2, -0.15) is 0 Å². The fourth-order valence-electron chi connectivity index (χ4n) is 10.2. The number of allylic oxidation sites excluding steroid dienone is 4. The third kappa shape index (κ3) is 5.73. The van der Waals surface area contributed by atoms with Gasteiger partial charge in [0.25, 0.3) is 0 Å². The summed E-state index contributed by atoms with van der Waals surface area (Å²) in [6.45, 7) is 19.9. The zero-order valence-electron chi connectivity index (χ0n) is 34.2. The van der Waals surface area contributed by atoms with Crippen LogP contribution in [0.1, 0.15) is 114 Å². The maximum atomic E-state index is 14.1. The third-order valence-electron chi connectivity index (χ3n) is 13.7. The quantitative estimate of drug-likeness (QED) is 0.156. The van der Waals surface area contributed by atoms with Crippen LogP contribution < -0.4 is 9.80 Å². The van der Waals surface area contributed by atoms with E-state index in [-0.39, 0.29) is 33.8 Å². The molecule has 0 radical (unpaired) electrons. The molecule has 2 heterocycles. The maximum absolute atomic E-state index is 14.1. The Labute approximate surface area is 329 Å². The van der Waals surface area contributed by atoms with Crippen LogP contribution in [0.4, 0.5) is 11.4 Å². The molecule has 0 bridgehead atoms. The van der Waals surface area contributed by atoms with Crippen LogP contribution in [-0.4, -0.2) is 30.0 Å². The van der Waals surface area contributed by atoms with Crippen molar-refractivity contribution in [2.45, 2.75) is 116 Å². The molecule has 4 aromatic rings. The largest absolute Gasteiger partial charge is 0.506 e. The molecule has 2 aliphatic heterocycles. The van der Waals surface area contributed by atoms with Crippen molar-refractivity contribution in [2.24, 2.45) is 0 Å². The Kier molecular flexibility index (Phi) is 9.26. The van der Waals surface area contributed by atoms with Crippen LogP contribution >= 0.6 is 0 Å². The van der Waals surface area contributed by atoms with Gasteiger partial charge in [-0.15, -0.1) is 0 Å². The normalized spacial score (nSPS) is 21.2. The second kappa shape index (κ2) is 13.7. The van der Waals surface area contributed by atoms with Crippen LogP contribution in [-0.2, 0) is 33.9 Å². The van der Waals surface area contributed by atoms with Crippen LogP contribution in [0.2, 0.25) is 0 Å². The molecule has 4 nitrogen and oxygen atoms in total. The monoisotopic (exact) mass is 730 g/mol. The molecule has 1 unspecified atom stereocenters. The summed E-state index contributed by atoms with van der Waals surface area (Å²) in [7, 11) is 0. The SMILES string of the molecule is CCCCN1c2ccccc2C(C)(C)C1/C=C1\C(=O)C(/C=C2/N(CCCC3(C)c4cc(CC)ccc4-c4ccc(CC)cc43)c3ccccc3C2(C)C)=C1O. The van der Waals surface area contributed by atoms with Gasteiger partial charge in [0.15, 0.2) is 5.78 Å². The Morgan fingerprint density at radius 1 is 0.709 bits per heavy atom. The first-order valence-electron chi connectivity index (χ1n) is 20.8. The van der Waals surface area contributed by atoms with E-state index < -0.39 is 0 Å². The minimum Gasteiger partial charge on any atom is -0.506 e. The first-order chi connectivity index (χ1) is 26.4. The molecule has 0 fully saturated rings. The first-order valence-corrected chi connectivity index (χ1v) is 20.8. The van der Waals surface area contributed by atoms with Crippen molar-refractivity contribution in [2.75, 3.05) is 22.9 Å². The standard InChI is InChI=1S/C51H58N2O2/c1-9-12-27-52-43-20-15-13-18-39(43)49(4,5)45(52)31-37-47(54)38(48(37)55)32-46-50(6,7)40-19-14-16-21-44(40)53(46)28-17-26-51(8)41-29-33(10-2)22-24-35(41)36-25-23-34(11-3)30-42(36)51/h13-16,18-25,29-32,45,54H,9-12,17,26-28H2,1-8H3/b37-31-,46-32+. The van der Waals surface area contributed by atoms with Gasteiger partial charge in [-0.25, -0.2) is 0 Å². The van der Waals surface area contributed by atoms with Crippen LogP contribution in [0.25, 0.3) is 11.1 Å². The van der Waals surface area contributed by atoms with Crippen molar-refractivity contribution < 1.29 is 9.90 Å². The van der Waals surface area contributed by atoms with Gasteiger partial charge in [-0.1, -0.05) is 135 Å². The number of aliphatic hydroxyl groups is 1. The summed E-state index contributed by atoms with van der Waals surface area (Å²) in [5.41, 5.74) is 14.7. The molecule has 4 heteroatoms. The zero-order chi connectivity index (χ0) is 38.9. The minimum atomic E-state index is -0.335. The average molecular weight is 731 g/mol. The van der Waals surface area contributed by atoms with Crippen molar-refractivity contribution in [1.29, 1.82) is 0 Å². The molecule has 55 heavy (non-hydrogen) atoms. The molecule has 4 aliphatic rings. The molecule has 0 amide bonds. The lowest BCUT2D eigenvalue weighted by Gasteiger charge is -2.34. The van der Waals surface area contributed by atoms with Gasteiger partial charge in [-0.3, -0.25) is 4.79 Å². The summed E-state index contributed by atoms with van der Waals surface area (Å²) in [6.07, 6.45) is 10.2. The highest BCUT2D eigenvalue weighted by atomic mass is 16.3. The van der Waals surface area contributed by atoms with Gasteiger partial charge in [0.2, 0.25) is 0 Å². The lowest BCUT2D eigenvalue weighted by molar-refractivity contribution is -0.113. The number of carbonyl (C=O) groups excluding carboxylic acids is 1. The number of anilines is 2. The zero-order valence-corrected chi connectivity index (χ0v) is 34.2. The molecule has 8 rings (SSSR count). The van der Waals surface area contributed by atoms with Crippen LogP contribution in [0.15, 0.2) is 120 Å². The number of benzene rings is 4. The third-order valence-corrected chi connectivity index (χ3v) is 13.7. The smallest absolute Gasteiger partial charge is 0.200 e. The summed E-state index contributed by atoms with van der Waals surface area (Å²) in [6, 6.07) is 31.5. The molecule has 0 saturated carbocycles. The Morgan fingerprint density at radius 3 is 1.91 bits per heavy atom. The lowest BCUT2D eigenvalue weighted by atomic mass is 9.75. The number of fused-ring (bicyclic) bond motifs is 5. The molecule has 0 spiro atoms. The molecule has 1 N–H and O–H groups in total. The van der Waals surface area contributed by atoms with E-state index in [2.05, 4.69) is 150 Å². The summed E-state index contributed by atoms with van der Waals surface area (Å²) >= 11 is 0. The molecule has 0 aromatic heterocycles. The number of aryl methyl sites for hydroxylation is 2. The molecular weight excluding hydrogens is 673 g/mol. The number of nitrogens with zero attached hydrogens (tertiary/aromatic N) is 2. The highest BCUT2D eigenvalue weighted by Gasteiger charge is 2.47. The van der Waals surface area contributed by atoms with E-state index in [1.165, 1.54) is 55.9 Å². The molecule has 1 atom stereocenters. The number of carbonyl (C=O) groups is 1. The number of ketones is 1. The number of rotatable bonds is 11. The van der Waals surface area contributed by atoms with Crippen LogP contribution in [0.3, 0.4) is 0 Å². The highest BCUT2D eigenvalue weighted by Crippen LogP contribution is 2.54. The summed E-state index contributed by atoms with van der Waals surface area (Å²) in [5.74, 6) is 0.0561. The van der Waals surface area contributed by atoms with Gasteiger partial charge < -0.3 is 14.9 Å². The summed E-state index contributed by atoms with van der Waals surface area (Å²) < 4.78 is 0. The Hall–Kier alpha value is -4.83. The van der Waals surface area contributed by atoms with Crippen molar-refractivity contribution in [3.8, 4) is 11.1 Å². The lowest BCUT2D eigenvalue weighted by Crippen LogP contribution is -2.42. The van der Waals surface area contributed by atoms with Crippen molar-refractivity contribution in [3.05, 3.63) is 153 Å². The molecule has 284 valence electrons. The predicted molar refractivity (Wildman–Crippen MR) is 229 cm³/mol. The van der Waals surface area contributed by atoms with Crippen LogP contribution in [0.5, 0.6) is 0 Å². The van der Waals surface area contributed by atoms with E-state index in [0.717, 1.165) is 57.3 Å². The summed E-state index contributed by atoms with van der Waals surface area (Å²) in [4.78, 5) is 19.0. The number of Topliss-reactive ketones (excluding diaryl/α,β-unsaturated/α-hetero) is 1. The second-order valence-electron chi connectivity index (χ2n) is 17.6. The Bertz CT molecular complexity index is 2230. The minimum absolute atomic E-state index is 0.0237. The maximum Gasteiger partial charge on any atom is 0.200 e. The van der Waals surface area contributed by atoms with Crippen LogP contribution in [0, 0.1) is 0 Å².